The van der Waals surface area contributed by atoms with Gasteiger partial charge in [0, 0.05) is 23.4 Å². The second-order valence-electron chi connectivity index (χ2n) is 7.15. The molecule has 7 heteroatoms. The van der Waals surface area contributed by atoms with Crippen LogP contribution >= 0.6 is 0 Å². The third-order valence-electron chi connectivity index (χ3n) is 3.71. The van der Waals surface area contributed by atoms with Gasteiger partial charge >= 0.3 is 6.09 Å². The van der Waals surface area contributed by atoms with Crippen LogP contribution in [0, 0.1) is 0 Å². The lowest BCUT2D eigenvalue weighted by Gasteiger charge is -2.19. The van der Waals surface area contributed by atoms with E-state index >= 15 is 0 Å². The highest BCUT2D eigenvalue weighted by Crippen LogP contribution is 2.29. The zero-order valence-electron chi connectivity index (χ0n) is 16.5. The molecular weight excluding hydrogens is 356 g/mol. The Morgan fingerprint density at radius 3 is 2.68 bits per heavy atom. The summed E-state index contributed by atoms with van der Waals surface area (Å²) in [5.74, 6) is 0.792. The Balaban J connectivity index is 1.94. The minimum atomic E-state index is -0.503. The van der Waals surface area contributed by atoms with Gasteiger partial charge in [0.25, 0.3) is 0 Å². The van der Waals surface area contributed by atoms with Crippen LogP contribution in [0.5, 0.6) is 5.75 Å². The predicted molar refractivity (Wildman–Crippen MR) is 111 cm³/mol. The molecule has 0 saturated carbocycles. The minimum absolute atomic E-state index is 0.313. The molecule has 0 aliphatic heterocycles. The van der Waals surface area contributed by atoms with Crippen LogP contribution in [0.25, 0.3) is 27.3 Å². The maximum atomic E-state index is 11.6. The van der Waals surface area contributed by atoms with Gasteiger partial charge in [0.1, 0.15) is 11.4 Å². The van der Waals surface area contributed by atoms with Crippen molar-refractivity contribution in [2.75, 3.05) is 19.7 Å². The summed E-state index contributed by atoms with van der Waals surface area (Å²) >= 11 is 0. The van der Waals surface area contributed by atoms with Crippen molar-refractivity contribution in [2.45, 2.75) is 32.8 Å². The number of fused-ring (bicyclic) bond motifs is 1. The van der Waals surface area contributed by atoms with Crippen LogP contribution in [0.15, 0.2) is 47.6 Å². The standard InChI is InChI=1S/C21H26N4O3/c1-21(2,3)28-20(26)23-13-7-15-27-19-12-11-16(8-6-14-24-25-22)17-9-4-5-10-18(17)19/h4-6,8-12H,7,13-15H2,1-3H3,(H,23,26). The zero-order valence-corrected chi connectivity index (χ0v) is 16.5. The molecule has 0 radical (unpaired) electrons. The van der Waals surface area contributed by atoms with Crippen LogP contribution in [-0.4, -0.2) is 31.4 Å². The van der Waals surface area contributed by atoms with Gasteiger partial charge in [-0.3, -0.25) is 0 Å². The van der Waals surface area contributed by atoms with Crippen molar-refractivity contribution in [2.24, 2.45) is 5.11 Å². The van der Waals surface area contributed by atoms with E-state index in [2.05, 4.69) is 15.3 Å². The maximum absolute atomic E-state index is 11.6. The summed E-state index contributed by atoms with van der Waals surface area (Å²) in [4.78, 5) is 14.4. The van der Waals surface area contributed by atoms with E-state index in [0.29, 0.717) is 26.1 Å². The number of amides is 1. The van der Waals surface area contributed by atoms with Gasteiger partial charge < -0.3 is 14.8 Å². The highest BCUT2D eigenvalue weighted by Gasteiger charge is 2.15. The molecule has 148 valence electrons. The van der Waals surface area contributed by atoms with E-state index in [1.165, 1.54) is 0 Å². The summed E-state index contributed by atoms with van der Waals surface area (Å²) < 4.78 is 11.1. The molecule has 2 aromatic carbocycles. The summed E-state index contributed by atoms with van der Waals surface area (Å²) in [5, 5.41) is 8.29. The second-order valence-corrected chi connectivity index (χ2v) is 7.15. The van der Waals surface area contributed by atoms with Gasteiger partial charge in [-0.2, -0.15) is 0 Å². The molecule has 0 aliphatic rings. The molecule has 28 heavy (non-hydrogen) atoms. The maximum Gasteiger partial charge on any atom is 0.407 e. The number of nitrogens with one attached hydrogen (secondary N) is 1. The van der Waals surface area contributed by atoms with Crippen LogP contribution in [0.1, 0.15) is 32.8 Å². The Labute approximate surface area is 165 Å². The lowest BCUT2D eigenvalue weighted by Crippen LogP contribution is -2.33. The molecule has 0 saturated heterocycles. The molecule has 0 fully saturated rings. The second kappa shape index (κ2) is 10.2. The van der Waals surface area contributed by atoms with E-state index in [0.717, 1.165) is 22.1 Å². The first-order chi connectivity index (χ1) is 13.4. The fraction of sp³-hybridized carbons (Fsp3) is 0.381. The number of alkyl carbamates (subject to hydrolysis) is 1. The van der Waals surface area contributed by atoms with Gasteiger partial charge in [0.05, 0.1) is 6.61 Å². The summed E-state index contributed by atoms with van der Waals surface area (Å²) in [6.07, 6.45) is 4.01. The quantitative estimate of drug-likeness (QED) is 0.284. The summed E-state index contributed by atoms with van der Waals surface area (Å²) in [6.45, 7) is 6.76. The van der Waals surface area contributed by atoms with Crippen molar-refractivity contribution in [1.82, 2.24) is 5.32 Å². The van der Waals surface area contributed by atoms with Gasteiger partial charge in [-0.15, -0.1) is 0 Å². The van der Waals surface area contributed by atoms with E-state index in [-0.39, 0.29) is 0 Å². The first-order valence-electron chi connectivity index (χ1n) is 9.19. The first-order valence-corrected chi connectivity index (χ1v) is 9.19. The minimum Gasteiger partial charge on any atom is -0.493 e. The predicted octanol–water partition coefficient (Wildman–Crippen LogP) is 5.46. The number of benzene rings is 2. The van der Waals surface area contributed by atoms with Crippen LogP contribution in [-0.2, 0) is 4.74 Å². The monoisotopic (exact) mass is 382 g/mol. The van der Waals surface area contributed by atoms with Gasteiger partial charge in [-0.25, -0.2) is 4.79 Å². The number of rotatable bonds is 8. The molecule has 1 amide bonds. The number of azide groups is 1. The largest absolute Gasteiger partial charge is 0.493 e. The van der Waals surface area contributed by atoms with Gasteiger partial charge in [0.15, 0.2) is 0 Å². The third-order valence-corrected chi connectivity index (χ3v) is 3.71. The van der Waals surface area contributed by atoms with Crippen LogP contribution < -0.4 is 10.1 Å². The molecule has 0 unspecified atom stereocenters. The Morgan fingerprint density at radius 1 is 1.21 bits per heavy atom. The van der Waals surface area contributed by atoms with E-state index in [1.54, 1.807) is 0 Å². The molecule has 7 nitrogen and oxygen atoms in total. The number of ether oxygens (including phenoxy) is 2. The number of hydrogen-bond donors (Lipinski definition) is 1. The molecular formula is C21H26N4O3. The van der Waals surface area contributed by atoms with E-state index in [4.69, 9.17) is 15.0 Å². The Kier molecular flexibility index (Phi) is 7.72. The third kappa shape index (κ3) is 6.85. The molecule has 0 spiro atoms. The number of carbonyl (C=O) groups excluding carboxylic acids is 1. The first kappa shape index (κ1) is 21.1. The molecule has 2 aromatic rings. The molecule has 1 N–H and O–H groups in total. The number of nitrogens with zero attached hydrogens (tertiary/aromatic N) is 3. The van der Waals surface area contributed by atoms with Crippen LogP contribution in [0.2, 0.25) is 0 Å². The lowest BCUT2D eigenvalue weighted by molar-refractivity contribution is 0.0525. The van der Waals surface area contributed by atoms with Crippen molar-refractivity contribution in [3.05, 3.63) is 58.5 Å². The van der Waals surface area contributed by atoms with Gasteiger partial charge in [0.2, 0.25) is 0 Å². The highest BCUT2D eigenvalue weighted by atomic mass is 16.6. The summed E-state index contributed by atoms with van der Waals surface area (Å²) in [7, 11) is 0. The van der Waals surface area contributed by atoms with E-state index in [9.17, 15) is 4.79 Å². The number of carbonyl (C=O) groups is 1. The highest BCUT2D eigenvalue weighted by molar-refractivity contribution is 5.94. The molecule has 2 rings (SSSR count). The van der Waals surface area contributed by atoms with Crippen molar-refractivity contribution in [1.29, 1.82) is 0 Å². The normalized spacial score (nSPS) is 11.2. The molecule has 0 heterocycles. The van der Waals surface area contributed by atoms with Gasteiger partial charge in [-0.1, -0.05) is 47.6 Å². The van der Waals surface area contributed by atoms with Crippen LogP contribution in [0.3, 0.4) is 0 Å². The summed E-state index contributed by atoms with van der Waals surface area (Å²) in [6, 6.07) is 11.9. The van der Waals surface area contributed by atoms with Crippen molar-refractivity contribution in [3.63, 3.8) is 0 Å². The summed E-state index contributed by atoms with van der Waals surface area (Å²) in [5.41, 5.74) is 8.88. The number of hydrogen-bond acceptors (Lipinski definition) is 4. The molecule has 0 aliphatic carbocycles. The average molecular weight is 382 g/mol. The van der Waals surface area contributed by atoms with Crippen LogP contribution in [0.4, 0.5) is 4.79 Å². The zero-order chi connectivity index (χ0) is 20.4. The Hall–Kier alpha value is -3.18. The lowest BCUT2D eigenvalue weighted by atomic mass is 10.0. The van der Waals surface area contributed by atoms with E-state index < -0.39 is 11.7 Å². The smallest absolute Gasteiger partial charge is 0.407 e. The Bertz CT molecular complexity index is 881. The molecule has 0 aromatic heterocycles. The van der Waals surface area contributed by atoms with Crippen molar-refractivity contribution < 1.29 is 14.3 Å². The topological polar surface area (TPSA) is 96.3 Å². The fourth-order valence-electron chi connectivity index (χ4n) is 2.59. The molecule has 0 bridgehead atoms. The Morgan fingerprint density at radius 2 is 1.96 bits per heavy atom. The average Bonchev–Trinajstić information content (AvgIpc) is 2.64. The van der Waals surface area contributed by atoms with Crippen molar-refractivity contribution in [3.8, 4) is 5.75 Å². The van der Waals surface area contributed by atoms with Crippen molar-refractivity contribution >= 4 is 22.9 Å². The molecule has 0 atom stereocenters. The SMILES string of the molecule is CC(C)(C)OC(=O)NCCCOc1ccc(C=CCN=[N+]=[N-])c2ccccc12. The van der Waals surface area contributed by atoms with E-state index in [1.807, 2.05) is 69.3 Å². The van der Waals surface area contributed by atoms with Gasteiger partial charge in [-0.05, 0) is 49.7 Å². The fourth-order valence-corrected chi connectivity index (χ4v) is 2.59.